The minimum atomic E-state index is -2.04. The molecular formula is C24H22FNO3. The van der Waals surface area contributed by atoms with Gasteiger partial charge in [0.2, 0.25) is 5.67 Å². The van der Waals surface area contributed by atoms with E-state index < -0.39 is 23.5 Å². The number of oxazole rings is 1. The molecule has 4 nitrogen and oxygen atoms in total. The third-order valence-electron chi connectivity index (χ3n) is 5.88. The molecule has 2 aromatic carbocycles. The SMILES string of the molecule is CCOC(=O)C1(F)C(c2ccccc2)C1c1ccc(-c2cnc(C3CC3)o2)cc1. The number of carbonyl (C=O) groups excluding carboxylic acids is 1. The van der Waals surface area contributed by atoms with Crippen LogP contribution in [0.15, 0.2) is 65.2 Å². The average molecular weight is 391 g/mol. The van der Waals surface area contributed by atoms with Crippen LogP contribution < -0.4 is 0 Å². The van der Waals surface area contributed by atoms with Crippen molar-refractivity contribution < 1.29 is 18.3 Å². The number of hydrogen-bond donors (Lipinski definition) is 0. The summed E-state index contributed by atoms with van der Waals surface area (Å²) < 4.78 is 26.7. The summed E-state index contributed by atoms with van der Waals surface area (Å²) in [6.45, 7) is 1.85. The van der Waals surface area contributed by atoms with Gasteiger partial charge < -0.3 is 9.15 Å². The van der Waals surface area contributed by atoms with Crippen molar-refractivity contribution in [2.24, 2.45) is 0 Å². The Morgan fingerprint density at radius 3 is 2.38 bits per heavy atom. The molecule has 0 radical (unpaired) electrons. The molecule has 0 bridgehead atoms. The highest BCUT2D eigenvalue weighted by Gasteiger charge is 2.73. The number of aromatic nitrogens is 1. The monoisotopic (exact) mass is 391 g/mol. The van der Waals surface area contributed by atoms with E-state index >= 15 is 4.39 Å². The lowest BCUT2D eigenvalue weighted by Gasteiger charge is -2.08. The van der Waals surface area contributed by atoms with Crippen molar-refractivity contribution in [3.05, 3.63) is 77.8 Å². The zero-order chi connectivity index (χ0) is 20.0. The molecule has 0 N–H and O–H groups in total. The van der Waals surface area contributed by atoms with Gasteiger partial charge >= 0.3 is 5.97 Å². The van der Waals surface area contributed by atoms with E-state index in [4.69, 9.17) is 9.15 Å². The van der Waals surface area contributed by atoms with Crippen molar-refractivity contribution in [3.63, 3.8) is 0 Å². The highest BCUT2D eigenvalue weighted by atomic mass is 19.1. The summed E-state index contributed by atoms with van der Waals surface area (Å²) in [5.41, 5.74) is 0.441. The molecule has 5 rings (SSSR count). The summed E-state index contributed by atoms with van der Waals surface area (Å²) in [5.74, 6) is 0.0754. The van der Waals surface area contributed by atoms with E-state index in [1.807, 2.05) is 54.6 Å². The summed E-state index contributed by atoms with van der Waals surface area (Å²) in [6, 6.07) is 16.9. The van der Waals surface area contributed by atoms with Crippen LogP contribution in [0.3, 0.4) is 0 Å². The molecule has 29 heavy (non-hydrogen) atoms. The summed E-state index contributed by atoms with van der Waals surface area (Å²) >= 11 is 0. The number of hydrogen-bond acceptors (Lipinski definition) is 4. The van der Waals surface area contributed by atoms with Crippen LogP contribution in [-0.2, 0) is 9.53 Å². The zero-order valence-electron chi connectivity index (χ0n) is 16.2. The predicted octanol–water partition coefficient (Wildman–Crippen LogP) is 5.37. The van der Waals surface area contributed by atoms with Crippen LogP contribution in [0.25, 0.3) is 11.3 Å². The highest BCUT2D eigenvalue weighted by molar-refractivity contribution is 5.88. The fourth-order valence-electron chi connectivity index (χ4n) is 4.18. The first-order chi connectivity index (χ1) is 14.1. The van der Waals surface area contributed by atoms with Crippen LogP contribution in [-0.4, -0.2) is 23.2 Å². The molecule has 2 fully saturated rings. The van der Waals surface area contributed by atoms with Crippen molar-refractivity contribution in [1.82, 2.24) is 4.98 Å². The van der Waals surface area contributed by atoms with Crippen molar-refractivity contribution >= 4 is 5.97 Å². The first-order valence-corrected chi connectivity index (χ1v) is 10.1. The Hall–Kier alpha value is -2.95. The lowest BCUT2D eigenvalue weighted by molar-refractivity contribution is -0.151. The quantitative estimate of drug-likeness (QED) is 0.530. The lowest BCUT2D eigenvalue weighted by Crippen LogP contribution is -2.24. The third kappa shape index (κ3) is 3.05. The van der Waals surface area contributed by atoms with Crippen molar-refractivity contribution in [3.8, 4) is 11.3 Å². The van der Waals surface area contributed by atoms with E-state index in [9.17, 15) is 4.79 Å². The molecule has 0 amide bonds. The van der Waals surface area contributed by atoms with Crippen LogP contribution in [0.5, 0.6) is 0 Å². The molecule has 148 valence electrons. The van der Waals surface area contributed by atoms with Gasteiger partial charge in [-0.15, -0.1) is 0 Å². The maximum Gasteiger partial charge on any atom is 0.345 e. The van der Waals surface area contributed by atoms with Crippen LogP contribution in [0.1, 0.15) is 54.5 Å². The first kappa shape index (κ1) is 18.1. The van der Waals surface area contributed by atoms with E-state index in [2.05, 4.69) is 4.98 Å². The molecular weight excluding hydrogens is 369 g/mol. The van der Waals surface area contributed by atoms with Gasteiger partial charge in [-0.2, -0.15) is 0 Å². The molecule has 3 aromatic rings. The fraction of sp³-hybridized carbons (Fsp3) is 0.333. The Morgan fingerprint density at radius 1 is 1.10 bits per heavy atom. The second-order valence-corrected chi connectivity index (χ2v) is 7.81. The number of esters is 1. The number of nitrogens with zero attached hydrogens (tertiary/aromatic N) is 1. The number of benzene rings is 2. The molecule has 3 atom stereocenters. The Labute approximate surface area is 168 Å². The average Bonchev–Trinajstić information content (AvgIpc) is 3.65. The van der Waals surface area contributed by atoms with Gasteiger partial charge in [-0.05, 0) is 30.9 Å². The van der Waals surface area contributed by atoms with Gasteiger partial charge in [-0.25, -0.2) is 14.2 Å². The van der Waals surface area contributed by atoms with Gasteiger partial charge in [-0.3, -0.25) is 0 Å². The second-order valence-electron chi connectivity index (χ2n) is 7.81. The van der Waals surface area contributed by atoms with Gasteiger partial charge in [0.05, 0.1) is 12.8 Å². The van der Waals surface area contributed by atoms with E-state index in [-0.39, 0.29) is 6.61 Å². The maximum atomic E-state index is 15.8. The van der Waals surface area contributed by atoms with Gasteiger partial charge in [0.15, 0.2) is 11.7 Å². The third-order valence-corrected chi connectivity index (χ3v) is 5.88. The Balaban J connectivity index is 1.44. The van der Waals surface area contributed by atoms with Gasteiger partial charge in [0.1, 0.15) is 0 Å². The summed E-state index contributed by atoms with van der Waals surface area (Å²) in [4.78, 5) is 16.8. The van der Waals surface area contributed by atoms with Gasteiger partial charge in [0.25, 0.3) is 0 Å². The van der Waals surface area contributed by atoms with Crippen molar-refractivity contribution in [2.45, 2.75) is 43.2 Å². The minimum Gasteiger partial charge on any atom is -0.464 e. The largest absolute Gasteiger partial charge is 0.464 e. The number of ether oxygens (including phenoxy) is 1. The van der Waals surface area contributed by atoms with Crippen LogP contribution in [0.2, 0.25) is 0 Å². The normalized spacial score (nSPS) is 25.6. The van der Waals surface area contributed by atoms with E-state index in [1.165, 1.54) is 0 Å². The Bertz CT molecular complexity index is 1030. The molecule has 2 saturated carbocycles. The summed E-state index contributed by atoms with van der Waals surface area (Å²) in [5, 5.41) is 0. The molecule has 0 aliphatic heterocycles. The van der Waals surface area contributed by atoms with Crippen molar-refractivity contribution in [2.75, 3.05) is 6.61 Å². The Morgan fingerprint density at radius 2 is 1.76 bits per heavy atom. The standard InChI is InChI=1S/C24H22FNO3/c1-2-28-23(27)24(25)20(16-6-4-3-5-7-16)21(24)17-10-8-15(9-11-17)19-14-26-22(29-19)18-12-13-18/h3-11,14,18,20-21H,2,12-13H2,1H3. The predicted molar refractivity (Wildman–Crippen MR) is 106 cm³/mol. The number of alkyl halides is 1. The zero-order valence-corrected chi connectivity index (χ0v) is 16.2. The van der Waals surface area contributed by atoms with E-state index in [0.717, 1.165) is 35.4 Å². The van der Waals surface area contributed by atoms with E-state index in [1.54, 1.807) is 13.1 Å². The number of rotatable bonds is 6. The summed E-state index contributed by atoms with van der Waals surface area (Å²) in [6.07, 6.45) is 4.01. The number of halogens is 1. The van der Waals surface area contributed by atoms with Gasteiger partial charge in [0, 0.05) is 23.3 Å². The molecule has 3 unspecified atom stereocenters. The molecule has 0 spiro atoms. The van der Waals surface area contributed by atoms with Crippen LogP contribution in [0, 0.1) is 0 Å². The highest BCUT2D eigenvalue weighted by Crippen LogP contribution is 2.66. The maximum absolute atomic E-state index is 15.8. The van der Waals surface area contributed by atoms with Crippen LogP contribution >= 0.6 is 0 Å². The molecule has 2 aliphatic rings. The lowest BCUT2D eigenvalue weighted by atomic mass is 10.0. The molecule has 1 aromatic heterocycles. The fourth-order valence-corrected chi connectivity index (χ4v) is 4.18. The summed E-state index contributed by atoms with van der Waals surface area (Å²) in [7, 11) is 0. The van der Waals surface area contributed by atoms with Crippen molar-refractivity contribution in [1.29, 1.82) is 0 Å². The molecule has 0 saturated heterocycles. The molecule has 2 aliphatic carbocycles. The Kier molecular flexibility index (Phi) is 4.26. The second kappa shape index (κ2) is 6.83. The topological polar surface area (TPSA) is 52.3 Å². The van der Waals surface area contributed by atoms with E-state index in [0.29, 0.717) is 11.7 Å². The molecule has 5 heteroatoms. The van der Waals surface area contributed by atoms with Crippen LogP contribution in [0.4, 0.5) is 4.39 Å². The smallest absolute Gasteiger partial charge is 0.345 e. The number of carbonyl (C=O) groups is 1. The first-order valence-electron chi connectivity index (χ1n) is 10.1. The minimum absolute atomic E-state index is 0.159. The molecule has 1 heterocycles. The van der Waals surface area contributed by atoms with Gasteiger partial charge in [-0.1, -0.05) is 54.6 Å².